The molecule has 1 fully saturated rings. The number of halogens is 1. The molecule has 0 bridgehead atoms. The third-order valence-electron chi connectivity index (χ3n) is 4.65. The van der Waals surface area contributed by atoms with Crippen molar-refractivity contribution in [3.8, 4) is 11.5 Å². The molecule has 0 radical (unpaired) electrons. The minimum Gasteiger partial charge on any atom is -0.486 e. The highest BCUT2D eigenvalue weighted by atomic mass is 35.5. The fourth-order valence-corrected chi connectivity index (χ4v) is 3.46. The summed E-state index contributed by atoms with van der Waals surface area (Å²) in [6.45, 7) is 2.81. The van der Waals surface area contributed by atoms with E-state index in [9.17, 15) is 9.59 Å². The average molecular weight is 403 g/mol. The van der Waals surface area contributed by atoms with Gasteiger partial charge in [-0.15, -0.1) is 0 Å². The summed E-state index contributed by atoms with van der Waals surface area (Å²) in [6.07, 6.45) is 4.68. The molecule has 8 heteroatoms. The number of hydrogen-bond donors (Lipinski definition) is 0. The molecular weight excluding hydrogens is 384 g/mol. The predicted molar refractivity (Wildman–Crippen MR) is 103 cm³/mol. The highest BCUT2D eigenvalue weighted by Crippen LogP contribution is 2.38. The summed E-state index contributed by atoms with van der Waals surface area (Å²) in [5.41, 5.74) is 0.759. The molecule has 0 unspecified atom stereocenters. The molecule has 2 aliphatic rings. The van der Waals surface area contributed by atoms with Crippen LogP contribution in [0.4, 0.5) is 0 Å². The molecule has 3 heterocycles. The summed E-state index contributed by atoms with van der Waals surface area (Å²) in [4.78, 5) is 28.2. The van der Waals surface area contributed by atoms with E-state index in [4.69, 9.17) is 25.5 Å². The van der Waals surface area contributed by atoms with E-state index in [1.54, 1.807) is 40.1 Å². The zero-order valence-corrected chi connectivity index (χ0v) is 15.9. The molecular formula is C20H19ClN2O5. The van der Waals surface area contributed by atoms with Crippen molar-refractivity contribution in [1.29, 1.82) is 0 Å². The maximum atomic E-state index is 12.5. The molecule has 2 aromatic rings. The first-order chi connectivity index (χ1) is 13.6. The number of hydrogen-bond acceptors (Lipinski definition) is 5. The van der Waals surface area contributed by atoms with E-state index in [0.717, 1.165) is 5.56 Å². The fourth-order valence-electron chi connectivity index (χ4n) is 3.19. The van der Waals surface area contributed by atoms with Crippen molar-refractivity contribution in [1.82, 2.24) is 9.80 Å². The van der Waals surface area contributed by atoms with Crippen LogP contribution in [0.25, 0.3) is 6.08 Å². The first-order valence-corrected chi connectivity index (χ1v) is 9.38. The van der Waals surface area contributed by atoms with E-state index < -0.39 is 0 Å². The van der Waals surface area contributed by atoms with Crippen LogP contribution < -0.4 is 9.47 Å². The maximum Gasteiger partial charge on any atom is 0.289 e. The summed E-state index contributed by atoms with van der Waals surface area (Å²) in [6, 6.07) is 6.85. The lowest BCUT2D eigenvalue weighted by Crippen LogP contribution is -2.50. The van der Waals surface area contributed by atoms with Crippen LogP contribution in [-0.4, -0.2) is 61.0 Å². The number of amides is 2. The Morgan fingerprint density at radius 1 is 1.04 bits per heavy atom. The van der Waals surface area contributed by atoms with Gasteiger partial charge in [0, 0.05) is 32.3 Å². The molecule has 4 rings (SSSR count). The van der Waals surface area contributed by atoms with Crippen LogP contribution in [0.5, 0.6) is 11.5 Å². The number of piperazine rings is 1. The molecule has 1 aromatic heterocycles. The van der Waals surface area contributed by atoms with E-state index in [1.165, 1.54) is 12.3 Å². The van der Waals surface area contributed by atoms with Crippen molar-refractivity contribution in [2.24, 2.45) is 0 Å². The number of carbonyl (C=O) groups excluding carboxylic acids is 2. The lowest BCUT2D eigenvalue weighted by atomic mass is 10.1. The van der Waals surface area contributed by atoms with Crippen molar-refractivity contribution >= 4 is 29.5 Å². The van der Waals surface area contributed by atoms with Crippen molar-refractivity contribution in [2.75, 3.05) is 39.4 Å². The van der Waals surface area contributed by atoms with E-state index in [0.29, 0.717) is 61.7 Å². The minimum atomic E-state index is -0.154. The molecule has 146 valence electrons. The number of benzene rings is 1. The normalized spacial score (nSPS) is 16.5. The zero-order valence-electron chi connectivity index (χ0n) is 15.1. The monoisotopic (exact) mass is 402 g/mol. The Bertz CT molecular complexity index is 902. The van der Waals surface area contributed by atoms with Crippen LogP contribution in [-0.2, 0) is 4.79 Å². The Morgan fingerprint density at radius 2 is 1.79 bits per heavy atom. The zero-order chi connectivity index (χ0) is 19.5. The number of carbonyl (C=O) groups is 2. The first-order valence-electron chi connectivity index (χ1n) is 9.01. The van der Waals surface area contributed by atoms with Gasteiger partial charge < -0.3 is 23.7 Å². The molecule has 1 aromatic carbocycles. The van der Waals surface area contributed by atoms with Gasteiger partial charge in [-0.3, -0.25) is 9.59 Å². The van der Waals surface area contributed by atoms with Gasteiger partial charge in [0.05, 0.1) is 11.3 Å². The molecule has 0 spiro atoms. The van der Waals surface area contributed by atoms with Gasteiger partial charge in [-0.05, 0) is 35.9 Å². The van der Waals surface area contributed by atoms with E-state index >= 15 is 0 Å². The second-order valence-corrected chi connectivity index (χ2v) is 6.86. The van der Waals surface area contributed by atoms with Crippen molar-refractivity contribution < 1.29 is 23.5 Å². The molecule has 7 nitrogen and oxygen atoms in total. The van der Waals surface area contributed by atoms with Gasteiger partial charge in [-0.1, -0.05) is 11.6 Å². The number of furan rings is 1. The highest BCUT2D eigenvalue weighted by Gasteiger charge is 2.25. The van der Waals surface area contributed by atoms with Gasteiger partial charge in [-0.2, -0.15) is 0 Å². The van der Waals surface area contributed by atoms with Crippen molar-refractivity contribution in [3.63, 3.8) is 0 Å². The smallest absolute Gasteiger partial charge is 0.289 e. The highest BCUT2D eigenvalue weighted by molar-refractivity contribution is 6.32. The third-order valence-corrected chi connectivity index (χ3v) is 4.93. The molecule has 0 N–H and O–H groups in total. The van der Waals surface area contributed by atoms with Gasteiger partial charge in [-0.25, -0.2) is 0 Å². The van der Waals surface area contributed by atoms with Gasteiger partial charge in [0.25, 0.3) is 5.91 Å². The second kappa shape index (κ2) is 7.98. The van der Waals surface area contributed by atoms with E-state index in [1.807, 2.05) is 0 Å². The Labute approximate surface area is 167 Å². The van der Waals surface area contributed by atoms with E-state index in [2.05, 4.69) is 0 Å². The molecule has 0 saturated carbocycles. The van der Waals surface area contributed by atoms with Crippen molar-refractivity contribution in [2.45, 2.75) is 0 Å². The number of nitrogens with zero attached hydrogens (tertiary/aromatic N) is 2. The van der Waals surface area contributed by atoms with E-state index in [-0.39, 0.29) is 11.8 Å². The van der Waals surface area contributed by atoms with Gasteiger partial charge in [0.1, 0.15) is 13.2 Å². The SMILES string of the molecule is O=C(C=Cc1cc(Cl)c2c(c1)OCCO2)N1CCN(C(=O)c2ccco2)CC1. The lowest BCUT2D eigenvalue weighted by molar-refractivity contribution is -0.127. The minimum absolute atomic E-state index is 0.115. The van der Waals surface area contributed by atoms with Crippen molar-refractivity contribution in [3.05, 3.63) is 53.0 Å². The Kier molecular flexibility index (Phi) is 5.25. The standard InChI is InChI=1S/C20H19ClN2O5/c21-15-12-14(13-17-19(15)28-11-10-27-17)3-4-18(24)22-5-7-23(8-6-22)20(25)16-2-1-9-26-16/h1-4,9,12-13H,5-8,10-11H2. The van der Waals surface area contributed by atoms with Gasteiger partial charge >= 0.3 is 0 Å². The second-order valence-electron chi connectivity index (χ2n) is 6.46. The summed E-state index contributed by atoms with van der Waals surface area (Å²) >= 11 is 6.22. The topological polar surface area (TPSA) is 72.2 Å². The Balaban J connectivity index is 1.36. The molecule has 28 heavy (non-hydrogen) atoms. The summed E-state index contributed by atoms with van der Waals surface area (Å²) in [5, 5.41) is 0.453. The molecule has 2 amide bonds. The lowest BCUT2D eigenvalue weighted by Gasteiger charge is -2.33. The van der Waals surface area contributed by atoms with Crippen LogP contribution in [0.15, 0.2) is 41.0 Å². The largest absolute Gasteiger partial charge is 0.486 e. The van der Waals surface area contributed by atoms with Crippen LogP contribution in [0.2, 0.25) is 5.02 Å². The van der Waals surface area contributed by atoms with Crippen LogP contribution in [0.1, 0.15) is 16.1 Å². The molecule has 0 aliphatic carbocycles. The maximum absolute atomic E-state index is 12.5. The summed E-state index contributed by atoms with van der Waals surface area (Å²) < 4.78 is 16.2. The fraction of sp³-hybridized carbons (Fsp3) is 0.300. The quantitative estimate of drug-likeness (QED) is 0.738. The van der Waals surface area contributed by atoms with Crippen LogP contribution in [0.3, 0.4) is 0 Å². The molecule has 2 aliphatic heterocycles. The summed E-state index contributed by atoms with van der Waals surface area (Å²) in [7, 11) is 0. The number of rotatable bonds is 3. The third kappa shape index (κ3) is 3.84. The summed E-state index contributed by atoms with van der Waals surface area (Å²) in [5.74, 6) is 1.16. The molecule has 0 atom stereocenters. The van der Waals surface area contributed by atoms with Crippen LogP contribution in [0, 0.1) is 0 Å². The van der Waals surface area contributed by atoms with Crippen LogP contribution >= 0.6 is 11.6 Å². The predicted octanol–water partition coefficient (Wildman–Crippen LogP) is 2.70. The number of fused-ring (bicyclic) bond motifs is 1. The number of ether oxygens (including phenoxy) is 2. The average Bonchev–Trinajstić information content (AvgIpc) is 3.26. The Hall–Kier alpha value is -2.93. The first kappa shape index (κ1) is 18.4. The Morgan fingerprint density at radius 3 is 2.54 bits per heavy atom. The van der Waals surface area contributed by atoms with Gasteiger partial charge in [0.2, 0.25) is 5.91 Å². The molecule has 1 saturated heterocycles. The van der Waals surface area contributed by atoms with Gasteiger partial charge in [0.15, 0.2) is 17.3 Å².